The summed E-state index contributed by atoms with van der Waals surface area (Å²) in [5.74, 6) is 0.343. The molecule has 2 aromatic rings. The predicted molar refractivity (Wildman–Crippen MR) is 95.0 cm³/mol. The summed E-state index contributed by atoms with van der Waals surface area (Å²) in [6.45, 7) is 5.25. The molecule has 3 heteroatoms. The van der Waals surface area contributed by atoms with E-state index in [9.17, 15) is 4.79 Å². The molecule has 0 radical (unpaired) electrons. The third-order valence-electron chi connectivity index (χ3n) is 4.46. The van der Waals surface area contributed by atoms with Gasteiger partial charge in [0.05, 0.1) is 0 Å². The van der Waals surface area contributed by atoms with Gasteiger partial charge in [0.15, 0.2) is 5.78 Å². The van der Waals surface area contributed by atoms with Crippen molar-refractivity contribution in [2.24, 2.45) is 5.92 Å². The summed E-state index contributed by atoms with van der Waals surface area (Å²) >= 11 is 0. The van der Waals surface area contributed by atoms with E-state index in [0.717, 1.165) is 30.6 Å². The number of Topliss-reactive ketones (excluding diaryl/α,β-unsaturated/α-hetero) is 1. The Balaban J connectivity index is 0.00000176. The number of carbonyl (C=O) groups excluding carboxylic acids is 1. The Labute approximate surface area is 138 Å². The minimum atomic E-state index is 0. The van der Waals surface area contributed by atoms with Crippen LogP contribution in [0.1, 0.15) is 36.5 Å². The van der Waals surface area contributed by atoms with Gasteiger partial charge in [0.2, 0.25) is 0 Å². The predicted octanol–water partition coefficient (Wildman–Crippen LogP) is 4.57. The van der Waals surface area contributed by atoms with Gasteiger partial charge in [0, 0.05) is 18.0 Å². The van der Waals surface area contributed by atoms with Crippen LogP contribution in [0.3, 0.4) is 0 Å². The van der Waals surface area contributed by atoms with Crippen LogP contribution in [0.4, 0.5) is 0 Å². The lowest BCUT2D eigenvalue weighted by atomic mass is 9.96. The quantitative estimate of drug-likeness (QED) is 0.770. The monoisotopic (exact) mass is 317 g/mol. The highest BCUT2D eigenvalue weighted by atomic mass is 35.5. The molecule has 22 heavy (non-hydrogen) atoms. The Kier molecular flexibility index (Phi) is 5.98. The van der Waals surface area contributed by atoms with E-state index in [1.807, 2.05) is 24.3 Å². The Hall–Kier alpha value is -1.38. The smallest absolute Gasteiger partial charge is 0.166 e. The molecule has 118 valence electrons. The second-order valence-electron chi connectivity index (χ2n) is 6.19. The van der Waals surface area contributed by atoms with E-state index in [0.29, 0.717) is 0 Å². The van der Waals surface area contributed by atoms with E-state index in [1.54, 1.807) is 0 Å². The molecule has 2 aromatic carbocycles. The molecule has 1 fully saturated rings. The first kappa shape index (κ1) is 17.0. The van der Waals surface area contributed by atoms with Crippen LogP contribution < -0.4 is 0 Å². The van der Waals surface area contributed by atoms with Crippen molar-refractivity contribution in [1.82, 2.24) is 4.90 Å². The molecule has 3 rings (SSSR count). The Morgan fingerprint density at radius 1 is 1.05 bits per heavy atom. The highest BCUT2D eigenvalue weighted by molar-refractivity contribution is 6.01. The molecule has 1 aliphatic rings. The summed E-state index contributed by atoms with van der Waals surface area (Å²) in [6.07, 6.45) is 3.89. The van der Waals surface area contributed by atoms with E-state index >= 15 is 0 Å². The average molecular weight is 318 g/mol. The summed E-state index contributed by atoms with van der Waals surface area (Å²) in [5.41, 5.74) is 0.846. The second-order valence-corrected chi connectivity index (χ2v) is 6.19. The first-order chi connectivity index (χ1) is 10.2. The van der Waals surface area contributed by atoms with Gasteiger partial charge in [-0.05, 0) is 42.8 Å². The van der Waals surface area contributed by atoms with E-state index in [2.05, 4.69) is 30.0 Å². The van der Waals surface area contributed by atoms with Crippen LogP contribution in [0.2, 0.25) is 0 Å². The van der Waals surface area contributed by atoms with Crippen molar-refractivity contribution in [3.8, 4) is 0 Å². The third kappa shape index (κ3) is 3.88. The number of halogens is 1. The second kappa shape index (κ2) is 7.75. The molecule has 1 unspecified atom stereocenters. The number of piperidine rings is 1. The Bertz CT molecular complexity index is 634. The third-order valence-corrected chi connectivity index (χ3v) is 4.46. The van der Waals surface area contributed by atoms with Gasteiger partial charge < -0.3 is 4.90 Å². The minimum Gasteiger partial charge on any atom is -0.303 e. The number of hydrogen-bond acceptors (Lipinski definition) is 2. The van der Waals surface area contributed by atoms with E-state index < -0.39 is 0 Å². The lowest BCUT2D eigenvalue weighted by molar-refractivity contribution is 0.0884. The van der Waals surface area contributed by atoms with E-state index in [-0.39, 0.29) is 24.1 Å². The van der Waals surface area contributed by atoms with Crippen LogP contribution in [0, 0.1) is 5.92 Å². The van der Waals surface area contributed by atoms with Gasteiger partial charge in [0.25, 0.3) is 0 Å². The van der Waals surface area contributed by atoms with Crippen LogP contribution in [-0.4, -0.2) is 30.3 Å². The van der Waals surface area contributed by atoms with Gasteiger partial charge in [-0.15, -0.1) is 12.4 Å². The van der Waals surface area contributed by atoms with Gasteiger partial charge in [-0.1, -0.05) is 49.7 Å². The fourth-order valence-corrected chi connectivity index (χ4v) is 3.24. The molecule has 0 aromatic heterocycles. The van der Waals surface area contributed by atoms with Gasteiger partial charge in [0.1, 0.15) is 0 Å². The summed E-state index contributed by atoms with van der Waals surface area (Å²) in [7, 11) is 0. The topological polar surface area (TPSA) is 20.3 Å². The normalized spacial score (nSPS) is 17.0. The van der Waals surface area contributed by atoms with Crippen molar-refractivity contribution in [2.45, 2.75) is 26.2 Å². The fraction of sp³-hybridized carbons (Fsp3) is 0.421. The number of hydrogen-bond donors (Lipinski definition) is 0. The minimum absolute atomic E-state index is 0. The number of fused-ring (bicyclic) bond motifs is 1. The zero-order chi connectivity index (χ0) is 14.7. The van der Waals surface area contributed by atoms with Gasteiger partial charge in [-0.3, -0.25) is 4.79 Å². The SMILES string of the molecule is CC(CN1CCCCC1)C(=O)c1ccc2ccccc2c1.Cl. The van der Waals surface area contributed by atoms with Crippen molar-refractivity contribution in [3.63, 3.8) is 0 Å². The number of ketones is 1. The maximum Gasteiger partial charge on any atom is 0.166 e. The molecule has 0 saturated carbocycles. The maximum absolute atomic E-state index is 12.6. The van der Waals surface area contributed by atoms with Crippen molar-refractivity contribution >= 4 is 29.0 Å². The van der Waals surface area contributed by atoms with E-state index in [4.69, 9.17) is 0 Å². The van der Waals surface area contributed by atoms with Crippen LogP contribution in [0.5, 0.6) is 0 Å². The van der Waals surface area contributed by atoms with Crippen LogP contribution in [-0.2, 0) is 0 Å². The number of carbonyl (C=O) groups is 1. The molecule has 0 spiro atoms. The molecule has 1 saturated heterocycles. The largest absolute Gasteiger partial charge is 0.303 e. The summed E-state index contributed by atoms with van der Waals surface area (Å²) < 4.78 is 0. The van der Waals surface area contributed by atoms with Crippen LogP contribution >= 0.6 is 12.4 Å². The summed E-state index contributed by atoms with van der Waals surface area (Å²) in [5, 5.41) is 2.34. The van der Waals surface area contributed by atoms with Crippen molar-refractivity contribution in [3.05, 3.63) is 48.0 Å². The molecule has 0 aliphatic carbocycles. The summed E-state index contributed by atoms with van der Waals surface area (Å²) in [4.78, 5) is 15.1. The highest BCUT2D eigenvalue weighted by Crippen LogP contribution is 2.19. The van der Waals surface area contributed by atoms with Crippen LogP contribution in [0.15, 0.2) is 42.5 Å². The number of rotatable bonds is 4. The van der Waals surface area contributed by atoms with Gasteiger partial charge in [-0.2, -0.15) is 0 Å². The average Bonchev–Trinajstić information content (AvgIpc) is 2.54. The fourth-order valence-electron chi connectivity index (χ4n) is 3.24. The van der Waals surface area contributed by atoms with E-state index in [1.165, 1.54) is 24.6 Å². The Morgan fingerprint density at radius 2 is 1.73 bits per heavy atom. The maximum atomic E-state index is 12.6. The number of likely N-dealkylation sites (tertiary alicyclic amines) is 1. The lowest BCUT2D eigenvalue weighted by Crippen LogP contribution is -2.35. The highest BCUT2D eigenvalue weighted by Gasteiger charge is 2.20. The molecule has 0 bridgehead atoms. The molecule has 0 N–H and O–H groups in total. The summed E-state index contributed by atoms with van der Waals surface area (Å²) in [6, 6.07) is 14.3. The first-order valence-corrected chi connectivity index (χ1v) is 7.99. The molecular formula is C19H24ClNO. The van der Waals surface area contributed by atoms with Gasteiger partial charge in [-0.25, -0.2) is 0 Å². The van der Waals surface area contributed by atoms with Crippen LogP contribution in [0.25, 0.3) is 10.8 Å². The zero-order valence-corrected chi connectivity index (χ0v) is 13.9. The molecule has 2 nitrogen and oxygen atoms in total. The molecular weight excluding hydrogens is 294 g/mol. The van der Waals surface area contributed by atoms with Gasteiger partial charge >= 0.3 is 0 Å². The number of benzene rings is 2. The van der Waals surface area contributed by atoms with Crippen molar-refractivity contribution < 1.29 is 4.79 Å². The first-order valence-electron chi connectivity index (χ1n) is 7.99. The lowest BCUT2D eigenvalue weighted by Gasteiger charge is -2.28. The molecule has 1 aliphatic heterocycles. The molecule has 0 amide bonds. The molecule has 1 atom stereocenters. The number of nitrogens with zero attached hydrogens (tertiary/aromatic N) is 1. The van der Waals surface area contributed by atoms with Crippen molar-refractivity contribution in [1.29, 1.82) is 0 Å². The van der Waals surface area contributed by atoms with Crippen molar-refractivity contribution in [2.75, 3.05) is 19.6 Å². The Morgan fingerprint density at radius 3 is 2.45 bits per heavy atom. The zero-order valence-electron chi connectivity index (χ0n) is 13.1. The standard InChI is InChI=1S/C19H23NO.ClH/c1-15(14-20-11-5-2-6-12-20)19(21)18-10-9-16-7-3-4-8-17(16)13-18;/h3-4,7-10,13,15H,2,5-6,11-12,14H2,1H3;1H. The molecule has 1 heterocycles.